The van der Waals surface area contributed by atoms with Crippen LogP contribution in [0, 0.1) is 0 Å². The maximum atomic E-state index is 5.77. The molecule has 1 aromatic carbocycles. The molecule has 0 saturated carbocycles. The van der Waals surface area contributed by atoms with Gasteiger partial charge in [0.05, 0.1) is 5.69 Å². The minimum Gasteiger partial charge on any atom is -0.375 e. The second-order valence-corrected chi connectivity index (χ2v) is 5.73. The van der Waals surface area contributed by atoms with Crippen molar-refractivity contribution in [2.24, 2.45) is 0 Å². The van der Waals surface area contributed by atoms with Crippen molar-refractivity contribution >= 4 is 16.5 Å². The number of nitrogens with zero attached hydrogens (tertiary/aromatic N) is 2. The molecule has 0 spiro atoms. The molecule has 0 fully saturated rings. The van der Waals surface area contributed by atoms with Gasteiger partial charge in [-0.15, -0.1) is 11.3 Å². The van der Waals surface area contributed by atoms with Gasteiger partial charge in [0.15, 0.2) is 5.13 Å². The maximum absolute atomic E-state index is 5.77. The Morgan fingerprint density at radius 1 is 1.16 bits per heavy atom. The lowest BCUT2D eigenvalue weighted by Gasteiger charge is -2.04. The predicted molar refractivity (Wildman–Crippen MR) is 78.0 cm³/mol. The second kappa shape index (κ2) is 3.90. The first kappa shape index (κ1) is 10.7. The lowest BCUT2D eigenvalue weighted by molar-refractivity contribution is 1.30. The van der Waals surface area contributed by atoms with E-state index in [1.165, 1.54) is 21.6 Å². The largest absolute Gasteiger partial charge is 0.375 e. The molecule has 3 nitrogen and oxygen atoms in total. The summed E-state index contributed by atoms with van der Waals surface area (Å²) in [4.78, 5) is 9.86. The van der Waals surface area contributed by atoms with E-state index in [0.29, 0.717) is 5.13 Å². The molecule has 19 heavy (non-hydrogen) atoms. The summed E-state index contributed by atoms with van der Waals surface area (Å²) in [5.74, 6) is 0. The minimum atomic E-state index is 0.659. The van der Waals surface area contributed by atoms with Crippen LogP contribution in [0.5, 0.6) is 0 Å². The van der Waals surface area contributed by atoms with E-state index in [9.17, 15) is 0 Å². The fourth-order valence-electron chi connectivity index (χ4n) is 2.56. The zero-order valence-electron chi connectivity index (χ0n) is 10.1. The highest BCUT2D eigenvalue weighted by Crippen LogP contribution is 2.41. The van der Waals surface area contributed by atoms with Gasteiger partial charge in [-0.25, -0.2) is 4.98 Å². The molecular formula is C15H11N3S. The van der Waals surface area contributed by atoms with Crippen LogP contribution in [0.15, 0.2) is 42.7 Å². The van der Waals surface area contributed by atoms with Crippen molar-refractivity contribution in [2.75, 3.05) is 5.73 Å². The number of nitrogens with two attached hydrogens (primary N) is 1. The summed E-state index contributed by atoms with van der Waals surface area (Å²) >= 11 is 1.59. The highest BCUT2D eigenvalue weighted by atomic mass is 32.1. The normalized spacial score (nSPS) is 12.2. The molecule has 0 radical (unpaired) electrons. The molecule has 1 aliphatic rings. The summed E-state index contributed by atoms with van der Waals surface area (Å²) in [6.45, 7) is 0. The summed E-state index contributed by atoms with van der Waals surface area (Å²) in [6.07, 6.45) is 4.62. The van der Waals surface area contributed by atoms with Crippen molar-refractivity contribution in [1.82, 2.24) is 9.97 Å². The molecule has 0 aliphatic heterocycles. The zero-order valence-corrected chi connectivity index (χ0v) is 10.9. The molecule has 4 heteroatoms. The highest BCUT2D eigenvalue weighted by molar-refractivity contribution is 7.15. The van der Waals surface area contributed by atoms with Crippen LogP contribution in [-0.2, 0) is 6.42 Å². The fraction of sp³-hybridized carbons (Fsp3) is 0.0667. The average Bonchev–Trinajstić information content (AvgIpc) is 2.95. The van der Waals surface area contributed by atoms with Gasteiger partial charge in [0.25, 0.3) is 0 Å². The molecule has 2 aromatic heterocycles. The van der Waals surface area contributed by atoms with E-state index in [-0.39, 0.29) is 0 Å². The Hall–Kier alpha value is -2.20. The van der Waals surface area contributed by atoms with Gasteiger partial charge >= 0.3 is 0 Å². The predicted octanol–water partition coefficient (Wildman–Crippen LogP) is 3.36. The topological polar surface area (TPSA) is 51.8 Å². The molecule has 2 heterocycles. The van der Waals surface area contributed by atoms with Crippen molar-refractivity contribution in [3.8, 4) is 22.4 Å². The van der Waals surface area contributed by atoms with E-state index in [4.69, 9.17) is 5.73 Å². The van der Waals surface area contributed by atoms with E-state index in [1.807, 2.05) is 12.3 Å². The van der Waals surface area contributed by atoms with Crippen LogP contribution in [0.25, 0.3) is 22.4 Å². The Kier molecular flexibility index (Phi) is 2.19. The third-order valence-corrected chi connectivity index (χ3v) is 4.30. The Balaban J connectivity index is 1.83. The number of hydrogen-bond donors (Lipinski definition) is 1. The summed E-state index contributed by atoms with van der Waals surface area (Å²) in [7, 11) is 0. The van der Waals surface area contributed by atoms with Crippen molar-refractivity contribution in [1.29, 1.82) is 0 Å². The van der Waals surface area contributed by atoms with Gasteiger partial charge < -0.3 is 5.73 Å². The van der Waals surface area contributed by atoms with Crippen molar-refractivity contribution < 1.29 is 0 Å². The van der Waals surface area contributed by atoms with Gasteiger partial charge in [0.1, 0.15) is 0 Å². The number of rotatable bonds is 1. The number of fused-ring (bicyclic) bond motifs is 3. The van der Waals surface area contributed by atoms with Crippen LogP contribution in [0.1, 0.15) is 10.4 Å². The minimum absolute atomic E-state index is 0.659. The van der Waals surface area contributed by atoms with E-state index in [1.54, 1.807) is 17.5 Å². The Morgan fingerprint density at radius 2 is 2.11 bits per heavy atom. The number of thiazole rings is 1. The summed E-state index contributed by atoms with van der Waals surface area (Å²) in [6, 6.07) is 10.5. The second-order valence-electron chi connectivity index (χ2n) is 4.61. The molecule has 2 N–H and O–H groups in total. The first-order valence-corrected chi connectivity index (χ1v) is 6.92. The molecule has 3 aromatic rings. The molecule has 0 unspecified atom stereocenters. The first-order chi connectivity index (χ1) is 9.31. The van der Waals surface area contributed by atoms with Crippen LogP contribution >= 0.6 is 11.3 Å². The summed E-state index contributed by atoms with van der Waals surface area (Å²) < 4.78 is 0. The monoisotopic (exact) mass is 265 g/mol. The maximum Gasteiger partial charge on any atom is 0.180 e. The van der Waals surface area contributed by atoms with Crippen LogP contribution in [0.3, 0.4) is 0 Å². The number of benzene rings is 1. The summed E-state index contributed by atoms with van der Waals surface area (Å²) in [5, 5.41) is 0.659. The van der Waals surface area contributed by atoms with E-state index < -0.39 is 0 Å². The van der Waals surface area contributed by atoms with E-state index in [2.05, 4.69) is 34.2 Å². The standard InChI is InChI=1S/C15H11N3S/c16-15-18-14-12-4-3-9(10-2-1-5-17-8-10)6-11(12)7-13(14)19-15/h1-6,8H,7H2,(H2,16,18). The van der Waals surface area contributed by atoms with Gasteiger partial charge in [-0.05, 0) is 22.8 Å². The molecule has 1 aliphatic carbocycles. The van der Waals surface area contributed by atoms with Gasteiger partial charge in [-0.2, -0.15) is 0 Å². The van der Waals surface area contributed by atoms with Crippen molar-refractivity contribution in [3.05, 3.63) is 53.2 Å². The molecule has 92 valence electrons. The molecule has 0 bridgehead atoms. The Labute approximate surface area is 114 Å². The van der Waals surface area contributed by atoms with Crippen LogP contribution in [0.4, 0.5) is 5.13 Å². The van der Waals surface area contributed by atoms with E-state index >= 15 is 0 Å². The Morgan fingerprint density at radius 3 is 2.95 bits per heavy atom. The van der Waals surface area contributed by atoms with Crippen molar-refractivity contribution in [2.45, 2.75) is 6.42 Å². The number of aromatic nitrogens is 2. The number of pyridine rings is 1. The highest BCUT2D eigenvalue weighted by Gasteiger charge is 2.22. The molecular weight excluding hydrogens is 254 g/mol. The zero-order chi connectivity index (χ0) is 12.8. The first-order valence-electron chi connectivity index (χ1n) is 6.10. The Bertz CT molecular complexity index is 762. The SMILES string of the molecule is Nc1nc2c(s1)Cc1cc(-c3cccnc3)ccc1-2. The molecule has 0 saturated heterocycles. The molecule has 4 rings (SSSR count). The smallest absolute Gasteiger partial charge is 0.180 e. The van der Waals surface area contributed by atoms with Crippen LogP contribution in [-0.4, -0.2) is 9.97 Å². The fourth-order valence-corrected chi connectivity index (χ4v) is 3.43. The lowest BCUT2D eigenvalue weighted by Crippen LogP contribution is -1.86. The molecule has 0 atom stereocenters. The van der Waals surface area contributed by atoms with Gasteiger partial charge in [0.2, 0.25) is 0 Å². The number of anilines is 1. The van der Waals surface area contributed by atoms with Gasteiger partial charge in [0, 0.05) is 29.3 Å². The summed E-state index contributed by atoms with van der Waals surface area (Å²) in [5.41, 5.74) is 11.7. The van der Waals surface area contributed by atoms with Crippen LogP contribution in [0.2, 0.25) is 0 Å². The van der Waals surface area contributed by atoms with Gasteiger partial charge in [-0.1, -0.05) is 24.3 Å². The quantitative estimate of drug-likeness (QED) is 0.574. The van der Waals surface area contributed by atoms with E-state index in [0.717, 1.165) is 17.7 Å². The third kappa shape index (κ3) is 1.64. The lowest BCUT2D eigenvalue weighted by atomic mass is 10.0. The average molecular weight is 265 g/mol. The third-order valence-electron chi connectivity index (χ3n) is 3.42. The van der Waals surface area contributed by atoms with Crippen LogP contribution < -0.4 is 5.73 Å². The number of hydrogen-bond acceptors (Lipinski definition) is 4. The molecule has 0 amide bonds. The van der Waals surface area contributed by atoms with Gasteiger partial charge in [-0.3, -0.25) is 4.98 Å². The number of nitrogen functional groups attached to an aromatic ring is 1. The van der Waals surface area contributed by atoms with Crippen molar-refractivity contribution in [3.63, 3.8) is 0 Å².